The topological polar surface area (TPSA) is 64.4 Å². The molecule has 1 aliphatic rings. The first-order chi connectivity index (χ1) is 11.3. The molecule has 0 aliphatic carbocycles. The smallest absolute Gasteiger partial charge is 0.331 e. The molecule has 1 aromatic rings. The molecule has 24 heavy (non-hydrogen) atoms. The van der Waals surface area contributed by atoms with Gasteiger partial charge in [-0.25, -0.2) is 4.79 Å². The van der Waals surface area contributed by atoms with Crippen LogP contribution >= 0.6 is 0 Å². The zero-order valence-corrected chi connectivity index (χ0v) is 15.2. The molecule has 2 rings (SSSR count). The van der Waals surface area contributed by atoms with Crippen LogP contribution in [0.1, 0.15) is 50.1 Å². The van der Waals surface area contributed by atoms with Gasteiger partial charge in [0.1, 0.15) is 0 Å². The van der Waals surface area contributed by atoms with E-state index in [1.807, 2.05) is 39.6 Å². The fourth-order valence-corrected chi connectivity index (χ4v) is 3.35. The van der Waals surface area contributed by atoms with E-state index in [1.54, 1.807) is 10.8 Å². The number of aromatic nitrogens is 2. The molecule has 0 N–H and O–H groups in total. The molecule has 0 unspecified atom stereocenters. The highest BCUT2D eigenvalue weighted by Crippen LogP contribution is 2.22. The largest absolute Gasteiger partial charge is 0.452 e. The molecule has 1 fully saturated rings. The number of piperidine rings is 1. The number of carbonyl (C=O) groups is 2. The predicted molar refractivity (Wildman–Crippen MR) is 92.3 cm³/mol. The first-order valence-electron chi connectivity index (χ1n) is 8.47. The van der Waals surface area contributed by atoms with E-state index in [-0.39, 0.29) is 24.6 Å². The summed E-state index contributed by atoms with van der Waals surface area (Å²) in [5, 5.41) is 4.29. The molecule has 0 aromatic carbocycles. The molecule has 2 atom stereocenters. The number of nitrogens with zero attached hydrogens (tertiary/aromatic N) is 3. The SMILES string of the molecule is Cc1nn(C)c(C)c1/C=C/C(=O)OCC(=O)N1[C@H](C)CCC[C@H]1C. The van der Waals surface area contributed by atoms with Crippen LogP contribution in [0.2, 0.25) is 0 Å². The van der Waals surface area contributed by atoms with Crippen molar-refractivity contribution in [2.45, 2.75) is 59.0 Å². The number of ether oxygens (including phenoxy) is 1. The van der Waals surface area contributed by atoms with Gasteiger partial charge in [-0.05, 0) is 53.0 Å². The highest BCUT2D eigenvalue weighted by Gasteiger charge is 2.29. The van der Waals surface area contributed by atoms with E-state index < -0.39 is 5.97 Å². The molecule has 0 bridgehead atoms. The fraction of sp³-hybridized carbons (Fsp3) is 0.611. The molecular weight excluding hydrogens is 306 g/mol. The van der Waals surface area contributed by atoms with Gasteiger partial charge in [-0.15, -0.1) is 0 Å². The fourth-order valence-electron chi connectivity index (χ4n) is 3.35. The van der Waals surface area contributed by atoms with Crippen LogP contribution < -0.4 is 0 Å². The first kappa shape index (κ1) is 18.2. The quantitative estimate of drug-likeness (QED) is 0.627. The van der Waals surface area contributed by atoms with Gasteiger partial charge >= 0.3 is 5.97 Å². The Bertz CT molecular complexity index is 638. The molecule has 6 heteroatoms. The van der Waals surface area contributed by atoms with Crippen molar-refractivity contribution in [1.29, 1.82) is 0 Å². The summed E-state index contributed by atoms with van der Waals surface area (Å²) in [7, 11) is 1.86. The normalized spacial score (nSPS) is 21.3. The lowest BCUT2D eigenvalue weighted by Gasteiger charge is -2.38. The van der Waals surface area contributed by atoms with Crippen molar-refractivity contribution in [2.75, 3.05) is 6.61 Å². The highest BCUT2D eigenvalue weighted by molar-refractivity contribution is 5.89. The average molecular weight is 333 g/mol. The van der Waals surface area contributed by atoms with Crippen LogP contribution in [0.3, 0.4) is 0 Å². The molecular formula is C18H27N3O3. The van der Waals surface area contributed by atoms with E-state index in [0.717, 1.165) is 36.2 Å². The van der Waals surface area contributed by atoms with Crippen molar-refractivity contribution in [3.8, 4) is 0 Å². The molecule has 0 saturated carbocycles. The number of rotatable bonds is 4. The van der Waals surface area contributed by atoms with Crippen LogP contribution in [0.5, 0.6) is 0 Å². The lowest BCUT2D eigenvalue weighted by molar-refractivity contribution is -0.151. The summed E-state index contributed by atoms with van der Waals surface area (Å²) in [6.07, 6.45) is 6.19. The second kappa shape index (κ2) is 7.64. The molecule has 1 saturated heterocycles. The van der Waals surface area contributed by atoms with E-state index in [4.69, 9.17) is 4.74 Å². The summed E-state index contributed by atoms with van der Waals surface area (Å²) in [6, 6.07) is 0.410. The number of amides is 1. The van der Waals surface area contributed by atoms with E-state index >= 15 is 0 Å². The summed E-state index contributed by atoms with van der Waals surface area (Å²) in [4.78, 5) is 26.1. The zero-order chi connectivity index (χ0) is 17.9. The summed E-state index contributed by atoms with van der Waals surface area (Å²) in [5.41, 5.74) is 2.73. The standard InChI is InChI=1S/C18H27N3O3/c1-12-7-6-8-13(2)21(12)17(22)11-24-18(23)10-9-16-14(3)19-20(5)15(16)4/h9-10,12-13H,6-8,11H2,1-5H3/b10-9+/t12-,13-/m1/s1. The number of carbonyl (C=O) groups excluding carboxylic acids is 2. The van der Waals surface area contributed by atoms with Gasteiger partial charge in [0.2, 0.25) is 0 Å². The van der Waals surface area contributed by atoms with Crippen LogP contribution in [0.4, 0.5) is 0 Å². The van der Waals surface area contributed by atoms with Crippen LogP contribution in [0, 0.1) is 13.8 Å². The van der Waals surface area contributed by atoms with Gasteiger partial charge < -0.3 is 9.64 Å². The summed E-state index contributed by atoms with van der Waals surface area (Å²) in [5.74, 6) is -0.631. The number of hydrogen-bond acceptors (Lipinski definition) is 4. The third-order valence-electron chi connectivity index (χ3n) is 4.77. The van der Waals surface area contributed by atoms with Gasteiger partial charge in [0.05, 0.1) is 5.69 Å². The monoisotopic (exact) mass is 333 g/mol. The number of likely N-dealkylation sites (tertiary alicyclic amines) is 1. The Morgan fingerprint density at radius 2 is 1.88 bits per heavy atom. The minimum absolute atomic E-state index is 0.120. The van der Waals surface area contributed by atoms with Crippen LogP contribution in [-0.4, -0.2) is 45.2 Å². The van der Waals surface area contributed by atoms with E-state index in [9.17, 15) is 9.59 Å². The predicted octanol–water partition coefficient (Wildman–Crippen LogP) is 2.38. The van der Waals surface area contributed by atoms with Gasteiger partial charge in [0.25, 0.3) is 5.91 Å². The third kappa shape index (κ3) is 4.04. The van der Waals surface area contributed by atoms with Crippen molar-refractivity contribution < 1.29 is 14.3 Å². The molecule has 0 spiro atoms. The maximum Gasteiger partial charge on any atom is 0.331 e. The Labute approximate surface area is 143 Å². The van der Waals surface area contributed by atoms with Gasteiger partial charge in [0.15, 0.2) is 6.61 Å². The molecule has 1 amide bonds. The van der Waals surface area contributed by atoms with E-state index in [2.05, 4.69) is 5.10 Å². The average Bonchev–Trinajstić information content (AvgIpc) is 2.76. The summed E-state index contributed by atoms with van der Waals surface area (Å²) < 4.78 is 6.88. The van der Waals surface area contributed by atoms with Gasteiger partial charge in [0, 0.05) is 36.5 Å². The molecule has 132 valence electrons. The van der Waals surface area contributed by atoms with Crippen molar-refractivity contribution in [2.24, 2.45) is 7.05 Å². The summed E-state index contributed by atoms with van der Waals surface area (Å²) >= 11 is 0. The maximum absolute atomic E-state index is 12.3. The Hall–Kier alpha value is -2.11. The second-order valence-corrected chi connectivity index (χ2v) is 6.58. The lowest BCUT2D eigenvalue weighted by atomic mass is 9.97. The Morgan fingerprint density at radius 3 is 2.42 bits per heavy atom. The van der Waals surface area contributed by atoms with Gasteiger partial charge in [-0.1, -0.05) is 0 Å². The van der Waals surface area contributed by atoms with E-state index in [1.165, 1.54) is 6.08 Å². The van der Waals surface area contributed by atoms with Crippen molar-refractivity contribution in [3.05, 3.63) is 23.0 Å². The van der Waals surface area contributed by atoms with Crippen LogP contribution in [-0.2, 0) is 21.4 Å². The Morgan fingerprint density at radius 1 is 1.25 bits per heavy atom. The summed E-state index contributed by atoms with van der Waals surface area (Å²) in [6.45, 7) is 7.71. The van der Waals surface area contributed by atoms with Crippen molar-refractivity contribution >= 4 is 18.0 Å². The molecule has 0 radical (unpaired) electrons. The number of esters is 1. The number of hydrogen-bond donors (Lipinski definition) is 0. The highest BCUT2D eigenvalue weighted by atomic mass is 16.5. The van der Waals surface area contributed by atoms with E-state index in [0.29, 0.717) is 0 Å². The Kier molecular flexibility index (Phi) is 5.80. The Balaban J connectivity index is 1.91. The maximum atomic E-state index is 12.3. The van der Waals surface area contributed by atoms with Crippen LogP contribution in [0.25, 0.3) is 6.08 Å². The van der Waals surface area contributed by atoms with Crippen LogP contribution in [0.15, 0.2) is 6.08 Å². The van der Waals surface area contributed by atoms with Crippen molar-refractivity contribution in [1.82, 2.24) is 14.7 Å². The molecule has 6 nitrogen and oxygen atoms in total. The van der Waals surface area contributed by atoms with Gasteiger partial charge in [-0.3, -0.25) is 9.48 Å². The third-order valence-corrected chi connectivity index (χ3v) is 4.77. The zero-order valence-electron chi connectivity index (χ0n) is 15.2. The minimum Gasteiger partial charge on any atom is -0.452 e. The van der Waals surface area contributed by atoms with Gasteiger partial charge in [-0.2, -0.15) is 5.10 Å². The first-order valence-corrected chi connectivity index (χ1v) is 8.47. The van der Waals surface area contributed by atoms with Crippen molar-refractivity contribution in [3.63, 3.8) is 0 Å². The minimum atomic E-state index is -0.511. The lowest BCUT2D eigenvalue weighted by Crippen LogP contribution is -2.49. The second-order valence-electron chi connectivity index (χ2n) is 6.58. The number of aryl methyl sites for hydroxylation is 2. The molecule has 2 heterocycles. The molecule has 1 aromatic heterocycles. The molecule has 1 aliphatic heterocycles.